The Morgan fingerprint density at radius 1 is 1.14 bits per heavy atom. The number of carbonyl (C=O) groups excluding carboxylic acids is 1. The Morgan fingerprint density at radius 2 is 1.82 bits per heavy atom. The van der Waals surface area contributed by atoms with Crippen molar-refractivity contribution in [1.82, 2.24) is 0 Å². The van der Waals surface area contributed by atoms with Gasteiger partial charge in [0.2, 0.25) is 0 Å². The Morgan fingerprint density at radius 3 is 2.36 bits per heavy atom. The molecule has 0 spiro atoms. The first-order valence-electron chi connectivity index (χ1n) is 8.53. The van der Waals surface area contributed by atoms with Gasteiger partial charge in [0.15, 0.2) is 11.5 Å². The first-order chi connectivity index (χ1) is 13.3. The molecule has 0 bridgehead atoms. The van der Waals surface area contributed by atoms with Crippen molar-refractivity contribution in [3.63, 3.8) is 0 Å². The van der Waals surface area contributed by atoms with Gasteiger partial charge in [-0.2, -0.15) is 10.5 Å². The fraction of sp³-hybridized carbons (Fsp3) is 0.286. The SMILES string of the molecule is COc1cc(C#N)c(NCc2ccccc2)c(C#N)c1OC(=O)OC(C)(C)C. The summed E-state index contributed by atoms with van der Waals surface area (Å²) >= 11 is 0. The molecular weight excluding hydrogens is 358 g/mol. The van der Waals surface area contributed by atoms with E-state index in [1.165, 1.54) is 13.2 Å². The van der Waals surface area contributed by atoms with Gasteiger partial charge in [-0.15, -0.1) is 0 Å². The molecule has 0 unspecified atom stereocenters. The summed E-state index contributed by atoms with van der Waals surface area (Å²) in [5.41, 5.74) is 0.630. The van der Waals surface area contributed by atoms with E-state index >= 15 is 0 Å². The summed E-state index contributed by atoms with van der Waals surface area (Å²) in [6.07, 6.45) is -0.971. The minimum absolute atomic E-state index is 0.0160. The molecule has 0 aliphatic heterocycles. The highest BCUT2D eigenvalue weighted by atomic mass is 16.7. The molecule has 28 heavy (non-hydrogen) atoms. The van der Waals surface area contributed by atoms with Crippen LogP contribution in [0, 0.1) is 22.7 Å². The van der Waals surface area contributed by atoms with Crippen LogP contribution < -0.4 is 14.8 Å². The lowest BCUT2D eigenvalue weighted by atomic mass is 10.1. The molecule has 0 radical (unpaired) electrons. The Balaban J connectivity index is 2.45. The minimum atomic E-state index is -0.971. The maximum atomic E-state index is 12.1. The predicted molar refractivity (Wildman–Crippen MR) is 103 cm³/mol. The first kappa shape index (κ1) is 20.6. The van der Waals surface area contributed by atoms with Gasteiger partial charge in [-0.1, -0.05) is 30.3 Å². The van der Waals surface area contributed by atoms with Gasteiger partial charge in [0.25, 0.3) is 0 Å². The number of benzene rings is 2. The van der Waals surface area contributed by atoms with E-state index in [1.807, 2.05) is 42.5 Å². The normalized spacial score (nSPS) is 10.4. The van der Waals surface area contributed by atoms with Crippen LogP contribution >= 0.6 is 0 Å². The number of rotatable bonds is 5. The predicted octanol–water partition coefficient (Wildman–Crippen LogP) is 4.36. The Kier molecular flexibility index (Phi) is 6.46. The zero-order valence-corrected chi connectivity index (χ0v) is 16.2. The van der Waals surface area contributed by atoms with Crippen LogP contribution in [0.3, 0.4) is 0 Å². The van der Waals surface area contributed by atoms with Crippen molar-refractivity contribution in [2.45, 2.75) is 32.9 Å². The van der Waals surface area contributed by atoms with E-state index in [-0.39, 0.29) is 28.3 Å². The monoisotopic (exact) mass is 379 g/mol. The van der Waals surface area contributed by atoms with Crippen LogP contribution in [0.1, 0.15) is 37.5 Å². The van der Waals surface area contributed by atoms with Crippen LogP contribution in [0.4, 0.5) is 10.5 Å². The van der Waals surface area contributed by atoms with Gasteiger partial charge in [0.05, 0.1) is 18.4 Å². The Labute approximate surface area is 164 Å². The van der Waals surface area contributed by atoms with E-state index in [2.05, 4.69) is 5.32 Å². The van der Waals surface area contributed by atoms with Gasteiger partial charge in [-0.25, -0.2) is 4.79 Å². The zero-order chi connectivity index (χ0) is 20.7. The standard InChI is InChI=1S/C21H21N3O4/c1-21(2,3)28-20(25)27-19-16(12-23)18(15(11-22)10-17(19)26-4)24-13-14-8-6-5-7-9-14/h5-10,24H,13H2,1-4H3. The highest BCUT2D eigenvalue weighted by molar-refractivity contribution is 5.78. The third-order valence-electron chi connectivity index (χ3n) is 3.58. The lowest BCUT2D eigenvalue weighted by molar-refractivity contribution is 0.0200. The molecule has 7 nitrogen and oxygen atoms in total. The second kappa shape index (κ2) is 8.79. The van der Waals surface area contributed by atoms with Crippen molar-refractivity contribution in [1.29, 1.82) is 10.5 Å². The number of carbonyl (C=O) groups is 1. The number of ether oxygens (including phenoxy) is 3. The van der Waals surface area contributed by atoms with E-state index < -0.39 is 11.8 Å². The minimum Gasteiger partial charge on any atom is -0.493 e. The van der Waals surface area contributed by atoms with Crippen molar-refractivity contribution in [2.24, 2.45) is 0 Å². The van der Waals surface area contributed by atoms with Crippen molar-refractivity contribution >= 4 is 11.8 Å². The van der Waals surface area contributed by atoms with Crippen LogP contribution in [0.15, 0.2) is 36.4 Å². The fourth-order valence-electron chi connectivity index (χ4n) is 2.41. The maximum Gasteiger partial charge on any atom is 0.514 e. The van der Waals surface area contributed by atoms with Crippen molar-refractivity contribution in [3.8, 4) is 23.6 Å². The number of nitriles is 2. The molecule has 2 aromatic rings. The Hall–Kier alpha value is -3.71. The first-order valence-corrected chi connectivity index (χ1v) is 8.53. The molecule has 2 aromatic carbocycles. The zero-order valence-electron chi connectivity index (χ0n) is 16.2. The highest BCUT2D eigenvalue weighted by Crippen LogP contribution is 2.39. The molecule has 0 heterocycles. The molecule has 0 saturated heterocycles. The number of nitrogens with one attached hydrogen (secondary N) is 1. The molecule has 0 aliphatic rings. The molecule has 0 amide bonds. The molecule has 0 fully saturated rings. The van der Waals surface area contributed by atoms with Gasteiger partial charge in [-0.3, -0.25) is 0 Å². The van der Waals surface area contributed by atoms with Crippen molar-refractivity contribution in [2.75, 3.05) is 12.4 Å². The summed E-state index contributed by atoms with van der Waals surface area (Å²) in [6.45, 7) is 5.47. The van der Waals surface area contributed by atoms with Crippen LogP contribution in [0.25, 0.3) is 0 Å². The topological polar surface area (TPSA) is 104 Å². The van der Waals surface area contributed by atoms with Gasteiger partial charge in [0.1, 0.15) is 23.3 Å². The number of hydrogen-bond acceptors (Lipinski definition) is 7. The third-order valence-corrected chi connectivity index (χ3v) is 3.58. The quantitative estimate of drug-likeness (QED) is 0.608. The van der Waals surface area contributed by atoms with Crippen molar-refractivity contribution < 1.29 is 19.0 Å². The molecule has 0 saturated carbocycles. The van der Waals surface area contributed by atoms with Crippen LogP contribution in [0.5, 0.6) is 11.5 Å². The average Bonchev–Trinajstić information content (AvgIpc) is 2.65. The summed E-state index contributed by atoms with van der Waals surface area (Å²) in [4.78, 5) is 12.1. The van der Waals surface area contributed by atoms with E-state index in [0.29, 0.717) is 6.54 Å². The molecule has 0 aliphatic carbocycles. The molecule has 0 aromatic heterocycles. The average molecular weight is 379 g/mol. The van der Waals surface area contributed by atoms with E-state index in [1.54, 1.807) is 20.8 Å². The molecule has 7 heteroatoms. The summed E-state index contributed by atoms with van der Waals surface area (Å²) in [7, 11) is 1.36. The second-order valence-corrected chi connectivity index (χ2v) is 6.83. The van der Waals surface area contributed by atoms with E-state index in [9.17, 15) is 15.3 Å². The molecular formula is C21H21N3O4. The maximum absolute atomic E-state index is 12.1. The van der Waals surface area contributed by atoms with Crippen LogP contribution in [0.2, 0.25) is 0 Å². The van der Waals surface area contributed by atoms with Crippen LogP contribution in [-0.2, 0) is 11.3 Å². The molecule has 0 atom stereocenters. The van der Waals surface area contributed by atoms with Crippen LogP contribution in [-0.4, -0.2) is 18.9 Å². The van der Waals surface area contributed by atoms with Gasteiger partial charge in [0, 0.05) is 12.6 Å². The third kappa shape index (κ3) is 5.15. The lowest BCUT2D eigenvalue weighted by Crippen LogP contribution is -2.26. The molecule has 2 rings (SSSR count). The van der Waals surface area contributed by atoms with E-state index in [4.69, 9.17) is 14.2 Å². The summed E-state index contributed by atoms with van der Waals surface area (Å²) in [6, 6.07) is 14.9. The Bertz CT molecular complexity index is 935. The van der Waals surface area contributed by atoms with Gasteiger partial charge >= 0.3 is 6.16 Å². The molecule has 144 valence electrons. The van der Waals surface area contributed by atoms with Gasteiger partial charge in [-0.05, 0) is 26.3 Å². The lowest BCUT2D eigenvalue weighted by Gasteiger charge is -2.20. The smallest absolute Gasteiger partial charge is 0.493 e. The highest BCUT2D eigenvalue weighted by Gasteiger charge is 2.25. The number of anilines is 1. The van der Waals surface area contributed by atoms with Crippen molar-refractivity contribution in [3.05, 3.63) is 53.1 Å². The largest absolute Gasteiger partial charge is 0.514 e. The number of methoxy groups -OCH3 is 1. The fourth-order valence-corrected chi connectivity index (χ4v) is 2.41. The van der Waals surface area contributed by atoms with Gasteiger partial charge < -0.3 is 19.5 Å². The number of hydrogen-bond donors (Lipinski definition) is 1. The second-order valence-electron chi connectivity index (χ2n) is 6.83. The number of nitrogens with zero attached hydrogens (tertiary/aromatic N) is 2. The summed E-state index contributed by atoms with van der Waals surface area (Å²) in [5.74, 6) is -0.0157. The van der Waals surface area contributed by atoms with E-state index in [0.717, 1.165) is 5.56 Å². The summed E-state index contributed by atoms with van der Waals surface area (Å²) in [5, 5.41) is 22.3. The summed E-state index contributed by atoms with van der Waals surface area (Å²) < 4.78 is 15.6. The molecule has 1 N–H and O–H groups in total.